The largest absolute Gasteiger partial charge is 0.494 e. The summed E-state index contributed by atoms with van der Waals surface area (Å²) >= 11 is 0.884. The highest BCUT2D eigenvalue weighted by molar-refractivity contribution is 8.18. The second kappa shape index (κ2) is 12.3. The monoisotopic (exact) mass is 419 g/mol. The predicted octanol–water partition coefficient (Wildman–Crippen LogP) is 5.33. The zero-order valence-corrected chi connectivity index (χ0v) is 17.7. The quantitative estimate of drug-likeness (QED) is 0.344. The van der Waals surface area contributed by atoms with Gasteiger partial charge in [-0.15, -0.1) is 0 Å². The SMILES string of the molecule is CCCCCCCCOc1ccc(C=C2SC(=O)N(CCCC(=O)O)C2=O)cc1. The lowest BCUT2D eigenvalue weighted by molar-refractivity contribution is -0.137. The van der Waals surface area contributed by atoms with Gasteiger partial charge in [0.05, 0.1) is 11.5 Å². The van der Waals surface area contributed by atoms with E-state index in [1.807, 2.05) is 24.3 Å². The van der Waals surface area contributed by atoms with Crippen molar-refractivity contribution in [3.63, 3.8) is 0 Å². The van der Waals surface area contributed by atoms with Crippen LogP contribution in [0, 0.1) is 0 Å². The number of carbonyl (C=O) groups is 3. The van der Waals surface area contributed by atoms with Crippen LogP contribution in [-0.2, 0) is 9.59 Å². The molecule has 0 atom stereocenters. The molecule has 2 amide bonds. The molecular weight excluding hydrogens is 390 g/mol. The number of amides is 2. The fourth-order valence-corrected chi connectivity index (χ4v) is 3.83. The van der Waals surface area contributed by atoms with Gasteiger partial charge in [0.2, 0.25) is 0 Å². The van der Waals surface area contributed by atoms with Crippen LogP contribution >= 0.6 is 11.8 Å². The summed E-state index contributed by atoms with van der Waals surface area (Å²) in [7, 11) is 0. The van der Waals surface area contributed by atoms with Crippen molar-refractivity contribution in [3.8, 4) is 5.75 Å². The Balaban J connectivity index is 1.80. The van der Waals surface area contributed by atoms with Gasteiger partial charge in [-0.1, -0.05) is 51.2 Å². The minimum Gasteiger partial charge on any atom is -0.494 e. The third-order valence-corrected chi connectivity index (χ3v) is 5.50. The van der Waals surface area contributed by atoms with Gasteiger partial charge < -0.3 is 9.84 Å². The molecule has 1 saturated heterocycles. The van der Waals surface area contributed by atoms with Crippen LogP contribution < -0.4 is 4.74 Å². The lowest BCUT2D eigenvalue weighted by Crippen LogP contribution is -2.29. The van der Waals surface area contributed by atoms with E-state index in [1.54, 1.807) is 6.08 Å². The molecule has 158 valence electrons. The van der Waals surface area contributed by atoms with Crippen LogP contribution in [0.4, 0.5) is 4.79 Å². The number of imide groups is 1. The molecular formula is C22H29NO5S. The van der Waals surface area contributed by atoms with Crippen LogP contribution in [0.5, 0.6) is 5.75 Å². The fraction of sp³-hybridized carbons (Fsp3) is 0.500. The molecule has 29 heavy (non-hydrogen) atoms. The van der Waals surface area contributed by atoms with Crippen LogP contribution in [0.25, 0.3) is 6.08 Å². The number of unbranched alkanes of at least 4 members (excludes halogenated alkanes) is 5. The Labute approximate surface area is 176 Å². The van der Waals surface area contributed by atoms with Crippen LogP contribution in [0.2, 0.25) is 0 Å². The molecule has 0 unspecified atom stereocenters. The second-order valence-corrected chi connectivity index (χ2v) is 8.01. The standard InChI is InChI=1S/C22H29NO5S/c1-2-3-4-5-6-7-15-28-18-12-10-17(11-13-18)16-19-21(26)23(22(27)29-19)14-8-9-20(24)25/h10-13,16H,2-9,14-15H2,1H3,(H,24,25). The van der Waals surface area contributed by atoms with Crippen LogP contribution in [0.3, 0.4) is 0 Å². The molecule has 0 spiro atoms. The third-order valence-electron chi connectivity index (χ3n) is 4.59. The van der Waals surface area contributed by atoms with Crippen molar-refractivity contribution < 1.29 is 24.2 Å². The van der Waals surface area contributed by atoms with Gasteiger partial charge in [-0.3, -0.25) is 19.3 Å². The van der Waals surface area contributed by atoms with Crippen molar-refractivity contribution in [3.05, 3.63) is 34.7 Å². The van der Waals surface area contributed by atoms with E-state index < -0.39 is 5.97 Å². The zero-order chi connectivity index (χ0) is 21.1. The lowest BCUT2D eigenvalue weighted by Gasteiger charge is -2.10. The topological polar surface area (TPSA) is 83.9 Å². The van der Waals surface area contributed by atoms with Crippen molar-refractivity contribution in [2.45, 2.75) is 58.3 Å². The molecule has 1 aromatic carbocycles. The molecule has 1 aliphatic rings. The molecule has 0 saturated carbocycles. The van der Waals surface area contributed by atoms with E-state index in [1.165, 1.54) is 32.1 Å². The first kappa shape index (κ1) is 23.0. The summed E-state index contributed by atoms with van der Waals surface area (Å²) in [4.78, 5) is 36.4. The maximum absolute atomic E-state index is 12.4. The molecule has 1 fully saturated rings. The number of carboxylic acid groups (broad SMARTS) is 1. The Bertz CT molecular complexity index is 729. The average molecular weight is 420 g/mol. The molecule has 2 rings (SSSR count). The highest BCUT2D eigenvalue weighted by Gasteiger charge is 2.34. The lowest BCUT2D eigenvalue weighted by atomic mass is 10.1. The number of thioether (sulfide) groups is 1. The van der Waals surface area contributed by atoms with E-state index in [2.05, 4.69) is 6.92 Å². The molecule has 0 aromatic heterocycles. The smallest absolute Gasteiger partial charge is 0.303 e. The first-order valence-electron chi connectivity index (χ1n) is 10.2. The number of carbonyl (C=O) groups excluding carboxylic acids is 2. The Morgan fingerprint density at radius 2 is 1.76 bits per heavy atom. The first-order chi connectivity index (χ1) is 14.0. The summed E-state index contributed by atoms with van der Waals surface area (Å²) in [6.07, 6.45) is 9.18. The van der Waals surface area contributed by atoms with Gasteiger partial charge in [0.15, 0.2) is 0 Å². The molecule has 0 bridgehead atoms. The number of hydrogen-bond donors (Lipinski definition) is 1. The van der Waals surface area contributed by atoms with Gasteiger partial charge in [0.25, 0.3) is 11.1 Å². The van der Waals surface area contributed by atoms with Gasteiger partial charge in [-0.25, -0.2) is 0 Å². The predicted molar refractivity (Wildman–Crippen MR) is 115 cm³/mol. The van der Waals surface area contributed by atoms with Gasteiger partial charge in [0.1, 0.15) is 5.75 Å². The highest BCUT2D eigenvalue weighted by Crippen LogP contribution is 2.32. The van der Waals surface area contributed by atoms with Gasteiger partial charge in [-0.05, 0) is 48.4 Å². The molecule has 1 N–H and O–H groups in total. The van der Waals surface area contributed by atoms with E-state index in [0.717, 1.165) is 34.4 Å². The number of benzene rings is 1. The second-order valence-electron chi connectivity index (χ2n) is 7.02. The summed E-state index contributed by atoms with van der Waals surface area (Å²) in [5.74, 6) is -0.516. The van der Waals surface area contributed by atoms with E-state index in [0.29, 0.717) is 11.5 Å². The summed E-state index contributed by atoms with van der Waals surface area (Å²) < 4.78 is 5.75. The van der Waals surface area contributed by atoms with Crippen molar-refractivity contribution >= 4 is 35.0 Å². The Hall–Kier alpha value is -2.28. The fourth-order valence-electron chi connectivity index (χ4n) is 2.97. The number of aliphatic carboxylic acids is 1. The molecule has 7 heteroatoms. The van der Waals surface area contributed by atoms with E-state index in [-0.39, 0.29) is 30.5 Å². The molecule has 1 aliphatic heterocycles. The van der Waals surface area contributed by atoms with Crippen LogP contribution in [0.15, 0.2) is 29.2 Å². The van der Waals surface area contributed by atoms with Crippen molar-refractivity contribution in [1.29, 1.82) is 0 Å². The van der Waals surface area contributed by atoms with Crippen molar-refractivity contribution in [1.82, 2.24) is 4.90 Å². The van der Waals surface area contributed by atoms with E-state index in [9.17, 15) is 14.4 Å². The highest BCUT2D eigenvalue weighted by atomic mass is 32.2. The molecule has 6 nitrogen and oxygen atoms in total. The molecule has 0 radical (unpaired) electrons. The molecule has 1 heterocycles. The summed E-state index contributed by atoms with van der Waals surface area (Å²) in [5.41, 5.74) is 0.813. The average Bonchev–Trinajstić information content (AvgIpc) is 2.95. The van der Waals surface area contributed by atoms with Gasteiger partial charge in [0, 0.05) is 13.0 Å². The first-order valence-corrected chi connectivity index (χ1v) is 11.0. The van der Waals surface area contributed by atoms with Crippen LogP contribution in [0.1, 0.15) is 63.9 Å². The van der Waals surface area contributed by atoms with Gasteiger partial charge >= 0.3 is 5.97 Å². The third kappa shape index (κ3) is 7.93. The minimum absolute atomic E-state index is 0.0685. The molecule has 1 aromatic rings. The van der Waals surface area contributed by atoms with E-state index in [4.69, 9.17) is 9.84 Å². The number of nitrogens with zero attached hydrogens (tertiary/aromatic N) is 1. The van der Waals surface area contributed by atoms with Crippen molar-refractivity contribution in [2.75, 3.05) is 13.2 Å². The molecule has 0 aliphatic carbocycles. The van der Waals surface area contributed by atoms with Crippen LogP contribution in [-0.4, -0.2) is 40.3 Å². The number of rotatable bonds is 13. The maximum Gasteiger partial charge on any atom is 0.303 e. The van der Waals surface area contributed by atoms with E-state index >= 15 is 0 Å². The minimum atomic E-state index is -0.939. The number of carboxylic acids is 1. The normalized spacial score (nSPS) is 15.3. The number of ether oxygens (including phenoxy) is 1. The maximum atomic E-state index is 12.4. The summed E-state index contributed by atoms with van der Waals surface area (Å²) in [6.45, 7) is 3.03. The summed E-state index contributed by atoms with van der Waals surface area (Å²) in [6, 6.07) is 7.43. The number of hydrogen-bond acceptors (Lipinski definition) is 5. The summed E-state index contributed by atoms with van der Waals surface area (Å²) in [5, 5.41) is 8.33. The Morgan fingerprint density at radius 1 is 1.07 bits per heavy atom. The van der Waals surface area contributed by atoms with Gasteiger partial charge in [-0.2, -0.15) is 0 Å². The zero-order valence-electron chi connectivity index (χ0n) is 16.9. The van der Waals surface area contributed by atoms with Crippen molar-refractivity contribution in [2.24, 2.45) is 0 Å². The Kier molecular flexibility index (Phi) is 9.77. The Morgan fingerprint density at radius 3 is 2.45 bits per heavy atom.